The van der Waals surface area contributed by atoms with Crippen LogP contribution in [-0.2, 0) is 0 Å². The molecule has 2 rings (SSSR count). The summed E-state index contributed by atoms with van der Waals surface area (Å²) in [5.74, 6) is 3.38. The van der Waals surface area contributed by atoms with Gasteiger partial charge in [0.25, 0.3) is 0 Å². The van der Waals surface area contributed by atoms with Crippen molar-refractivity contribution < 1.29 is 4.74 Å². The van der Waals surface area contributed by atoms with E-state index < -0.39 is 0 Å². The van der Waals surface area contributed by atoms with Gasteiger partial charge < -0.3 is 10.5 Å². The molecule has 2 N–H and O–H groups in total. The third-order valence-corrected chi connectivity index (χ3v) is 2.30. The third-order valence-electron chi connectivity index (χ3n) is 2.30. The van der Waals surface area contributed by atoms with Crippen LogP contribution in [0.25, 0.3) is 11.1 Å². The molecule has 0 bridgehead atoms. The van der Waals surface area contributed by atoms with Crippen LogP contribution in [0, 0.1) is 12.0 Å². The molecule has 17 heavy (non-hydrogen) atoms. The van der Waals surface area contributed by atoms with E-state index in [1.165, 1.54) is 5.56 Å². The fraction of sp³-hybridized carbons (Fsp3) is 0.0667. The number of rotatable bonds is 2. The highest BCUT2D eigenvalue weighted by atomic mass is 16.5. The number of ether oxygens (including phenoxy) is 1. The summed E-state index contributed by atoms with van der Waals surface area (Å²) in [5.41, 5.74) is 7.58. The summed E-state index contributed by atoms with van der Waals surface area (Å²) in [6.07, 6.45) is 2.54. The van der Waals surface area contributed by atoms with Gasteiger partial charge in [-0.05, 0) is 29.2 Å². The Morgan fingerprint density at radius 1 is 0.882 bits per heavy atom. The van der Waals surface area contributed by atoms with Crippen LogP contribution in [0.1, 0.15) is 0 Å². The molecule has 0 unspecified atom stereocenters. The zero-order valence-electron chi connectivity index (χ0n) is 9.39. The fourth-order valence-corrected chi connectivity index (χ4v) is 1.48. The number of benzene rings is 2. The normalized spacial score (nSPS) is 9.24. The second-order valence-electron chi connectivity index (χ2n) is 3.48. The first-order valence-electron chi connectivity index (χ1n) is 5.40. The Labute approximate surface area is 101 Å². The van der Waals surface area contributed by atoms with Gasteiger partial charge in [0.1, 0.15) is 11.9 Å². The van der Waals surface area contributed by atoms with E-state index in [0.717, 1.165) is 11.3 Å². The SMILES string of the molecule is NCC#COc1ccc(-c2ccccc2)cc1. The van der Waals surface area contributed by atoms with Gasteiger partial charge in [-0.25, -0.2) is 0 Å². The summed E-state index contributed by atoms with van der Waals surface area (Å²) in [5, 5.41) is 0. The zero-order chi connectivity index (χ0) is 11.9. The van der Waals surface area contributed by atoms with Gasteiger partial charge >= 0.3 is 0 Å². The van der Waals surface area contributed by atoms with Crippen molar-refractivity contribution in [2.75, 3.05) is 6.54 Å². The van der Waals surface area contributed by atoms with Gasteiger partial charge in [-0.2, -0.15) is 0 Å². The fourth-order valence-electron chi connectivity index (χ4n) is 1.48. The molecule has 0 heterocycles. The van der Waals surface area contributed by atoms with E-state index in [4.69, 9.17) is 10.5 Å². The smallest absolute Gasteiger partial charge is 0.140 e. The molecule has 2 heteroatoms. The highest BCUT2D eigenvalue weighted by Crippen LogP contribution is 2.21. The topological polar surface area (TPSA) is 35.2 Å². The number of nitrogens with two attached hydrogens (primary N) is 1. The maximum absolute atomic E-state index is 5.24. The van der Waals surface area contributed by atoms with E-state index in [-0.39, 0.29) is 0 Å². The van der Waals surface area contributed by atoms with Crippen molar-refractivity contribution in [1.29, 1.82) is 0 Å². The molecule has 0 aliphatic carbocycles. The minimum Gasteiger partial charge on any atom is -0.408 e. The Bertz CT molecular complexity index is 520. The first kappa shape index (κ1) is 11.3. The maximum atomic E-state index is 5.24. The summed E-state index contributed by atoms with van der Waals surface area (Å²) in [6, 6.07) is 18.0. The molecule has 0 spiro atoms. The molecule has 2 nitrogen and oxygen atoms in total. The van der Waals surface area contributed by atoms with Gasteiger partial charge in [0.2, 0.25) is 0 Å². The minimum absolute atomic E-state index is 0.308. The molecular weight excluding hydrogens is 210 g/mol. The average Bonchev–Trinajstić information content (AvgIpc) is 2.41. The molecule has 2 aromatic carbocycles. The Kier molecular flexibility index (Phi) is 3.80. The number of hydrogen-bond donors (Lipinski definition) is 1. The van der Waals surface area contributed by atoms with Gasteiger partial charge in [0.05, 0.1) is 6.54 Å². The summed E-state index contributed by atoms with van der Waals surface area (Å²) in [7, 11) is 0. The second kappa shape index (κ2) is 5.74. The molecule has 0 saturated heterocycles. The van der Waals surface area contributed by atoms with Crippen molar-refractivity contribution in [3.05, 3.63) is 54.6 Å². The van der Waals surface area contributed by atoms with E-state index >= 15 is 0 Å². The standard InChI is InChI=1S/C15H13NO/c16-11-4-12-17-15-9-7-14(8-10-15)13-5-2-1-3-6-13/h1-3,5-10H,11,16H2. The summed E-state index contributed by atoms with van der Waals surface area (Å²) < 4.78 is 5.20. The van der Waals surface area contributed by atoms with Gasteiger partial charge in [-0.15, -0.1) is 0 Å². The van der Waals surface area contributed by atoms with E-state index in [2.05, 4.69) is 24.2 Å². The van der Waals surface area contributed by atoms with Gasteiger partial charge in [-0.3, -0.25) is 0 Å². The number of hydrogen-bond acceptors (Lipinski definition) is 2. The molecular formula is C15H13NO. The minimum atomic E-state index is 0.308. The van der Waals surface area contributed by atoms with Crippen LogP contribution >= 0.6 is 0 Å². The van der Waals surface area contributed by atoms with E-state index in [9.17, 15) is 0 Å². The van der Waals surface area contributed by atoms with Crippen molar-refractivity contribution in [3.63, 3.8) is 0 Å². The van der Waals surface area contributed by atoms with Crippen LogP contribution in [0.5, 0.6) is 5.75 Å². The highest BCUT2D eigenvalue weighted by Gasteiger charge is 1.96. The lowest BCUT2D eigenvalue weighted by Crippen LogP contribution is -1.94. The lowest BCUT2D eigenvalue weighted by atomic mass is 10.1. The Hall–Kier alpha value is -2.24. The summed E-state index contributed by atoms with van der Waals surface area (Å²) in [4.78, 5) is 0. The predicted molar refractivity (Wildman–Crippen MR) is 69.3 cm³/mol. The van der Waals surface area contributed by atoms with Gasteiger partial charge in [0, 0.05) is 0 Å². The molecule has 0 amide bonds. The van der Waals surface area contributed by atoms with Crippen LogP contribution in [0.15, 0.2) is 54.6 Å². The summed E-state index contributed by atoms with van der Waals surface area (Å²) >= 11 is 0. The lowest BCUT2D eigenvalue weighted by Gasteiger charge is -2.02. The molecule has 84 valence electrons. The van der Waals surface area contributed by atoms with Crippen molar-refractivity contribution in [3.8, 4) is 28.9 Å². The van der Waals surface area contributed by atoms with Crippen LogP contribution < -0.4 is 10.5 Å². The molecule has 0 aliphatic heterocycles. The molecule has 0 aromatic heterocycles. The van der Waals surface area contributed by atoms with Crippen molar-refractivity contribution in [1.82, 2.24) is 0 Å². The van der Waals surface area contributed by atoms with Crippen LogP contribution in [0.3, 0.4) is 0 Å². The zero-order valence-corrected chi connectivity index (χ0v) is 9.39. The Morgan fingerprint density at radius 3 is 2.18 bits per heavy atom. The quantitative estimate of drug-likeness (QED) is 0.794. The first-order valence-corrected chi connectivity index (χ1v) is 5.40. The molecule has 2 aromatic rings. The maximum Gasteiger partial charge on any atom is 0.140 e. The molecule has 0 atom stereocenters. The van der Waals surface area contributed by atoms with E-state index in [1.807, 2.05) is 42.5 Å². The highest BCUT2D eigenvalue weighted by molar-refractivity contribution is 5.63. The summed E-state index contributed by atoms with van der Waals surface area (Å²) in [6.45, 7) is 0.308. The van der Waals surface area contributed by atoms with Crippen molar-refractivity contribution >= 4 is 0 Å². The van der Waals surface area contributed by atoms with Gasteiger partial charge in [-0.1, -0.05) is 42.5 Å². The van der Waals surface area contributed by atoms with Crippen LogP contribution in [-0.4, -0.2) is 6.54 Å². The lowest BCUT2D eigenvalue weighted by molar-refractivity contribution is 0.519. The van der Waals surface area contributed by atoms with Crippen molar-refractivity contribution in [2.24, 2.45) is 5.73 Å². The largest absolute Gasteiger partial charge is 0.408 e. The predicted octanol–water partition coefficient (Wildman–Crippen LogP) is 2.65. The molecule has 0 aliphatic rings. The monoisotopic (exact) mass is 223 g/mol. The third kappa shape index (κ3) is 3.10. The average molecular weight is 223 g/mol. The molecule has 0 fully saturated rings. The Morgan fingerprint density at radius 2 is 1.53 bits per heavy atom. The molecule has 0 saturated carbocycles. The van der Waals surface area contributed by atoms with Crippen LogP contribution in [0.2, 0.25) is 0 Å². The van der Waals surface area contributed by atoms with E-state index in [0.29, 0.717) is 6.54 Å². The molecule has 0 radical (unpaired) electrons. The first-order chi connectivity index (χ1) is 8.40. The van der Waals surface area contributed by atoms with Crippen LogP contribution in [0.4, 0.5) is 0 Å². The second-order valence-corrected chi connectivity index (χ2v) is 3.48. The Balaban J connectivity index is 2.13. The van der Waals surface area contributed by atoms with E-state index in [1.54, 1.807) is 0 Å². The van der Waals surface area contributed by atoms with Crippen molar-refractivity contribution in [2.45, 2.75) is 0 Å². The van der Waals surface area contributed by atoms with Gasteiger partial charge in [0.15, 0.2) is 0 Å².